The molecular weight excluding hydrogens is 240 g/mol. The SMILES string of the molecule is Cc1cc(C(=O)C2CC2c2ccccc2)sc1C. The van der Waals surface area contributed by atoms with Gasteiger partial charge in [-0.15, -0.1) is 11.3 Å². The summed E-state index contributed by atoms with van der Waals surface area (Å²) < 4.78 is 0. The molecule has 0 radical (unpaired) electrons. The first-order valence-corrected chi connectivity index (χ1v) is 7.14. The van der Waals surface area contributed by atoms with Crippen LogP contribution in [0.2, 0.25) is 0 Å². The number of rotatable bonds is 3. The fourth-order valence-corrected chi connectivity index (χ4v) is 3.47. The molecular formula is C16H16OS. The van der Waals surface area contributed by atoms with E-state index in [1.165, 1.54) is 16.0 Å². The number of hydrogen-bond donors (Lipinski definition) is 0. The van der Waals surface area contributed by atoms with E-state index in [0.29, 0.717) is 11.7 Å². The summed E-state index contributed by atoms with van der Waals surface area (Å²) >= 11 is 1.64. The number of aryl methyl sites for hydroxylation is 2. The summed E-state index contributed by atoms with van der Waals surface area (Å²) in [5.41, 5.74) is 2.54. The number of ketones is 1. The van der Waals surface area contributed by atoms with Crippen LogP contribution in [0.5, 0.6) is 0 Å². The van der Waals surface area contributed by atoms with E-state index >= 15 is 0 Å². The van der Waals surface area contributed by atoms with Crippen molar-refractivity contribution in [1.82, 2.24) is 0 Å². The molecule has 1 aromatic carbocycles. The Hall–Kier alpha value is -1.41. The molecule has 18 heavy (non-hydrogen) atoms. The lowest BCUT2D eigenvalue weighted by molar-refractivity contribution is 0.0969. The van der Waals surface area contributed by atoms with Crippen LogP contribution in [0, 0.1) is 19.8 Å². The summed E-state index contributed by atoms with van der Waals surface area (Å²) in [4.78, 5) is 14.6. The van der Waals surface area contributed by atoms with E-state index in [1.807, 2.05) is 12.1 Å². The summed E-state index contributed by atoms with van der Waals surface area (Å²) in [7, 11) is 0. The average molecular weight is 256 g/mol. The van der Waals surface area contributed by atoms with Crippen LogP contribution < -0.4 is 0 Å². The second-order valence-electron chi connectivity index (χ2n) is 5.07. The van der Waals surface area contributed by atoms with Gasteiger partial charge in [-0.2, -0.15) is 0 Å². The van der Waals surface area contributed by atoms with Gasteiger partial charge >= 0.3 is 0 Å². The first kappa shape index (κ1) is 11.7. The van der Waals surface area contributed by atoms with E-state index in [0.717, 1.165) is 11.3 Å². The second-order valence-corrected chi connectivity index (χ2v) is 6.33. The molecule has 3 rings (SSSR count). The maximum atomic E-state index is 12.4. The molecule has 2 heteroatoms. The summed E-state index contributed by atoms with van der Waals surface area (Å²) in [6.07, 6.45) is 1.01. The molecule has 2 atom stereocenters. The highest BCUT2D eigenvalue weighted by Crippen LogP contribution is 2.49. The topological polar surface area (TPSA) is 17.1 Å². The lowest BCUT2D eigenvalue weighted by Crippen LogP contribution is -2.00. The minimum Gasteiger partial charge on any atom is -0.293 e. The highest BCUT2D eigenvalue weighted by Gasteiger charge is 2.44. The van der Waals surface area contributed by atoms with Crippen molar-refractivity contribution in [3.63, 3.8) is 0 Å². The highest BCUT2D eigenvalue weighted by atomic mass is 32.1. The molecule has 0 aliphatic heterocycles. The molecule has 0 amide bonds. The molecule has 0 saturated heterocycles. The van der Waals surface area contributed by atoms with Gasteiger partial charge in [0, 0.05) is 10.8 Å². The Morgan fingerprint density at radius 3 is 2.56 bits per heavy atom. The van der Waals surface area contributed by atoms with Crippen molar-refractivity contribution < 1.29 is 4.79 Å². The van der Waals surface area contributed by atoms with Crippen LogP contribution in [-0.4, -0.2) is 5.78 Å². The van der Waals surface area contributed by atoms with Crippen LogP contribution in [0.25, 0.3) is 0 Å². The Labute approximate surface area is 111 Å². The molecule has 1 nitrogen and oxygen atoms in total. The third-order valence-electron chi connectivity index (χ3n) is 3.76. The van der Waals surface area contributed by atoms with Gasteiger partial charge in [-0.3, -0.25) is 4.79 Å². The van der Waals surface area contributed by atoms with E-state index in [1.54, 1.807) is 11.3 Å². The van der Waals surface area contributed by atoms with E-state index in [-0.39, 0.29) is 5.92 Å². The number of carbonyl (C=O) groups excluding carboxylic acids is 1. The van der Waals surface area contributed by atoms with Crippen LogP contribution in [0.3, 0.4) is 0 Å². The number of hydrogen-bond acceptors (Lipinski definition) is 2. The van der Waals surface area contributed by atoms with Gasteiger partial charge in [-0.25, -0.2) is 0 Å². The van der Waals surface area contributed by atoms with E-state index in [9.17, 15) is 4.79 Å². The normalized spacial score (nSPS) is 21.9. The minimum atomic E-state index is 0.213. The van der Waals surface area contributed by atoms with Crippen molar-refractivity contribution in [1.29, 1.82) is 0 Å². The lowest BCUT2D eigenvalue weighted by atomic mass is 10.1. The Morgan fingerprint density at radius 1 is 1.22 bits per heavy atom. The van der Waals surface area contributed by atoms with Gasteiger partial charge in [0.15, 0.2) is 5.78 Å². The number of carbonyl (C=O) groups is 1. The quantitative estimate of drug-likeness (QED) is 0.746. The number of thiophene rings is 1. The smallest absolute Gasteiger partial charge is 0.176 e. The second kappa shape index (κ2) is 4.36. The average Bonchev–Trinajstić information content (AvgIpc) is 3.11. The van der Waals surface area contributed by atoms with E-state index < -0.39 is 0 Å². The standard InChI is InChI=1S/C16H16OS/c1-10-8-15(18-11(10)2)16(17)14-9-13(14)12-6-4-3-5-7-12/h3-8,13-14H,9H2,1-2H3. The molecule has 0 bridgehead atoms. The van der Waals surface area contributed by atoms with Crippen molar-refractivity contribution in [3.8, 4) is 0 Å². The van der Waals surface area contributed by atoms with Gasteiger partial charge in [0.2, 0.25) is 0 Å². The van der Waals surface area contributed by atoms with Gasteiger partial charge in [-0.1, -0.05) is 30.3 Å². The van der Waals surface area contributed by atoms with E-state index in [4.69, 9.17) is 0 Å². The van der Waals surface area contributed by atoms with Crippen LogP contribution in [-0.2, 0) is 0 Å². The van der Waals surface area contributed by atoms with Crippen molar-refractivity contribution in [2.45, 2.75) is 26.2 Å². The first-order valence-electron chi connectivity index (χ1n) is 6.33. The zero-order valence-electron chi connectivity index (χ0n) is 10.6. The zero-order valence-corrected chi connectivity index (χ0v) is 11.5. The number of benzene rings is 1. The first-order chi connectivity index (χ1) is 8.66. The Balaban J connectivity index is 1.77. The fourth-order valence-electron chi connectivity index (χ4n) is 2.43. The van der Waals surface area contributed by atoms with Crippen molar-refractivity contribution in [2.24, 2.45) is 5.92 Å². The Morgan fingerprint density at radius 2 is 1.94 bits per heavy atom. The molecule has 1 fully saturated rings. The van der Waals surface area contributed by atoms with Gasteiger partial charge in [0.1, 0.15) is 0 Å². The zero-order chi connectivity index (χ0) is 12.7. The molecule has 2 unspecified atom stereocenters. The molecule has 1 aromatic heterocycles. The third-order valence-corrected chi connectivity index (χ3v) is 4.93. The lowest BCUT2D eigenvalue weighted by Gasteiger charge is -1.98. The minimum absolute atomic E-state index is 0.213. The molecule has 0 spiro atoms. The van der Waals surface area contributed by atoms with Gasteiger partial charge in [0.25, 0.3) is 0 Å². The van der Waals surface area contributed by atoms with E-state index in [2.05, 4.69) is 38.1 Å². The molecule has 0 N–H and O–H groups in total. The Kier molecular flexibility index (Phi) is 2.83. The van der Waals surface area contributed by atoms with Crippen LogP contribution in [0.1, 0.15) is 38.0 Å². The summed E-state index contributed by atoms with van der Waals surface area (Å²) in [5, 5.41) is 0. The molecule has 92 valence electrons. The van der Waals surface area contributed by atoms with Crippen LogP contribution >= 0.6 is 11.3 Å². The largest absolute Gasteiger partial charge is 0.293 e. The van der Waals surface area contributed by atoms with Gasteiger partial charge < -0.3 is 0 Å². The number of Topliss-reactive ketones (excluding diaryl/α,β-unsaturated/α-hetero) is 1. The molecule has 1 heterocycles. The molecule has 1 aliphatic rings. The van der Waals surface area contributed by atoms with Crippen LogP contribution in [0.4, 0.5) is 0 Å². The molecule has 1 saturated carbocycles. The highest BCUT2D eigenvalue weighted by molar-refractivity contribution is 7.14. The summed E-state index contributed by atoms with van der Waals surface area (Å²) in [6.45, 7) is 4.16. The molecule has 1 aliphatic carbocycles. The monoisotopic (exact) mass is 256 g/mol. The Bertz CT molecular complexity index is 563. The van der Waals surface area contributed by atoms with Gasteiger partial charge in [-0.05, 0) is 43.4 Å². The maximum absolute atomic E-state index is 12.4. The summed E-state index contributed by atoms with van der Waals surface area (Å²) in [5.74, 6) is 0.997. The fraction of sp³-hybridized carbons (Fsp3) is 0.312. The van der Waals surface area contributed by atoms with Crippen molar-refractivity contribution in [2.75, 3.05) is 0 Å². The van der Waals surface area contributed by atoms with Crippen molar-refractivity contribution in [3.05, 3.63) is 57.3 Å². The van der Waals surface area contributed by atoms with Crippen LogP contribution in [0.15, 0.2) is 36.4 Å². The predicted molar refractivity (Wildman–Crippen MR) is 75.4 cm³/mol. The van der Waals surface area contributed by atoms with Crippen molar-refractivity contribution >= 4 is 17.1 Å². The van der Waals surface area contributed by atoms with Gasteiger partial charge in [0.05, 0.1) is 4.88 Å². The summed E-state index contributed by atoms with van der Waals surface area (Å²) in [6, 6.07) is 12.4. The third kappa shape index (κ3) is 2.01. The molecule has 2 aromatic rings. The maximum Gasteiger partial charge on any atom is 0.176 e. The predicted octanol–water partition coefficient (Wildman–Crippen LogP) is 4.35.